The molecule has 0 radical (unpaired) electrons. The van der Waals surface area contributed by atoms with Gasteiger partial charge in [-0.3, -0.25) is 9.59 Å². The molecular weight excluding hydrogens is 457 g/mol. The Labute approximate surface area is 190 Å². The fourth-order valence-electron chi connectivity index (χ4n) is 3.53. The van der Waals surface area contributed by atoms with E-state index < -0.39 is 33.3 Å². The van der Waals surface area contributed by atoms with Gasteiger partial charge < -0.3 is 24.8 Å². The molecule has 2 aromatic rings. The minimum Gasteiger partial charge on any atom is -0.496 e. The van der Waals surface area contributed by atoms with Crippen molar-refractivity contribution in [1.29, 1.82) is 0 Å². The van der Waals surface area contributed by atoms with Gasteiger partial charge in [0.15, 0.2) is 0 Å². The zero-order valence-electron chi connectivity index (χ0n) is 17.8. The molecule has 1 fully saturated rings. The lowest BCUT2D eigenvalue weighted by Crippen LogP contribution is -2.58. The first kappa shape index (κ1) is 24.4. The number of nitrogens with two attached hydrogens (primary N) is 2. The van der Waals surface area contributed by atoms with E-state index in [1.165, 1.54) is 48.4 Å². The molecule has 1 saturated heterocycles. The standard InChI is InChI=1S/C21H24FN3O7S/c1-30-18-7-6-16(33(24,28)29)10-17(18)20(27)25-8-9-32-21(12-25,11-19(23)26)13-31-15-4-2-14(22)3-5-15/h2-7,10H,8-9,11-13H2,1H3,(H2,23,26)(H2,24,28,29)/t21-/m1/s1. The van der Waals surface area contributed by atoms with Gasteiger partial charge in [0.25, 0.3) is 5.91 Å². The van der Waals surface area contributed by atoms with Crippen molar-refractivity contribution in [3.8, 4) is 11.5 Å². The highest BCUT2D eigenvalue weighted by atomic mass is 32.2. The van der Waals surface area contributed by atoms with Gasteiger partial charge in [-0.2, -0.15) is 0 Å². The average Bonchev–Trinajstić information content (AvgIpc) is 2.77. The van der Waals surface area contributed by atoms with Crippen LogP contribution in [0.5, 0.6) is 11.5 Å². The second kappa shape index (κ2) is 9.73. The van der Waals surface area contributed by atoms with Crippen molar-refractivity contribution in [3.05, 3.63) is 53.8 Å². The number of sulfonamides is 1. The summed E-state index contributed by atoms with van der Waals surface area (Å²) < 4.78 is 53.4. The Morgan fingerprint density at radius 1 is 1.21 bits per heavy atom. The van der Waals surface area contributed by atoms with Crippen LogP contribution in [-0.4, -0.2) is 64.1 Å². The monoisotopic (exact) mass is 481 g/mol. The number of halogens is 1. The molecule has 178 valence electrons. The predicted molar refractivity (Wildman–Crippen MR) is 115 cm³/mol. The van der Waals surface area contributed by atoms with Crippen LogP contribution in [0.2, 0.25) is 0 Å². The van der Waals surface area contributed by atoms with Crippen LogP contribution in [-0.2, 0) is 19.6 Å². The molecule has 0 saturated carbocycles. The van der Waals surface area contributed by atoms with Crippen molar-refractivity contribution in [2.75, 3.05) is 33.4 Å². The van der Waals surface area contributed by atoms with Crippen LogP contribution < -0.4 is 20.3 Å². The lowest BCUT2D eigenvalue weighted by atomic mass is 9.97. The third-order valence-corrected chi connectivity index (χ3v) is 5.99. The smallest absolute Gasteiger partial charge is 0.257 e. The molecule has 0 spiro atoms. The molecule has 1 heterocycles. The van der Waals surface area contributed by atoms with E-state index in [1.54, 1.807) is 0 Å². The molecule has 0 aromatic heterocycles. The highest BCUT2D eigenvalue weighted by molar-refractivity contribution is 7.89. The summed E-state index contributed by atoms with van der Waals surface area (Å²) in [6.07, 6.45) is -0.244. The Morgan fingerprint density at radius 2 is 1.91 bits per heavy atom. The summed E-state index contributed by atoms with van der Waals surface area (Å²) in [5.74, 6) is -1.15. The number of benzene rings is 2. The molecule has 1 atom stereocenters. The SMILES string of the molecule is COc1ccc(S(N)(=O)=O)cc1C(=O)N1CCO[C@](COc2ccc(F)cc2)(CC(N)=O)C1. The minimum absolute atomic E-state index is 0.0154. The number of carbonyl (C=O) groups is 2. The molecule has 4 N–H and O–H groups in total. The molecule has 0 bridgehead atoms. The molecule has 2 amide bonds. The lowest BCUT2D eigenvalue weighted by Gasteiger charge is -2.42. The third kappa shape index (κ3) is 5.97. The second-order valence-corrected chi connectivity index (χ2v) is 9.11. The summed E-state index contributed by atoms with van der Waals surface area (Å²) in [6, 6.07) is 8.98. The first-order valence-electron chi connectivity index (χ1n) is 9.84. The maximum atomic E-state index is 13.3. The summed E-state index contributed by atoms with van der Waals surface area (Å²) in [7, 11) is -2.71. The highest BCUT2D eigenvalue weighted by Crippen LogP contribution is 2.28. The maximum Gasteiger partial charge on any atom is 0.257 e. The number of amides is 2. The van der Waals surface area contributed by atoms with Gasteiger partial charge in [-0.15, -0.1) is 0 Å². The number of nitrogens with zero attached hydrogens (tertiary/aromatic N) is 1. The molecule has 0 aliphatic carbocycles. The van der Waals surface area contributed by atoms with Gasteiger partial charge >= 0.3 is 0 Å². The van der Waals surface area contributed by atoms with E-state index >= 15 is 0 Å². The molecular formula is C21H24FN3O7S. The molecule has 1 aliphatic heterocycles. The molecule has 3 rings (SSSR count). The summed E-state index contributed by atoms with van der Waals surface area (Å²) >= 11 is 0. The zero-order valence-corrected chi connectivity index (χ0v) is 18.6. The van der Waals surface area contributed by atoms with Crippen molar-refractivity contribution >= 4 is 21.8 Å². The molecule has 12 heteroatoms. The first-order chi connectivity index (χ1) is 15.5. The van der Waals surface area contributed by atoms with Gasteiger partial charge in [-0.25, -0.2) is 17.9 Å². The molecule has 0 unspecified atom stereocenters. The van der Waals surface area contributed by atoms with Crippen LogP contribution in [0.4, 0.5) is 4.39 Å². The quantitative estimate of drug-likeness (QED) is 0.562. The van der Waals surface area contributed by atoms with E-state index in [0.29, 0.717) is 5.75 Å². The van der Waals surface area contributed by atoms with Gasteiger partial charge in [0, 0.05) is 6.54 Å². The number of ether oxygens (including phenoxy) is 3. The molecule has 2 aromatic carbocycles. The topological polar surface area (TPSA) is 151 Å². The van der Waals surface area contributed by atoms with Crippen molar-refractivity contribution in [1.82, 2.24) is 4.90 Å². The van der Waals surface area contributed by atoms with E-state index in [2.05, 4.69) is 0 Å². The van der Waals surface area contributed by atoms with E-state index in [4.69, 9.17) is 25.1 Å². The Balaban J connectivity index is 1.87. The molecule has 10 nitrogen and oxygen atoms in total. The second-order valence-electron chi connectivity index (χ2n) is 7.55. The number of rotatable bonds is 8. The van der Waals surface area contributed by atoms with Crippen LogP contribution in [0.25, 0.3) is 0 Å². The Bertz CT molecular complexity index is 1140. The van der Waals surface area contributed by atoms with Crippen molar-refractivity contribution in [2.24, 2.45) is 10.9 Å². The van der Waals surface area contributed by atoms with Gasteiger partial charge in [-0.05, 0) is 42.5 Å². The van der Waals surface area contributed by atoms with Gasteiger partial charge in [0.2, 0.25) is 15.9 Å². The summed E-state index contributed by atoms with van der Waals surface area (Å²) in [5.41, 5.74) is 4.13. The summed E-state index contributed by atoms with van der Waals surface area (Å²) in [6.45, 7) is 0.0279. The first-order valence-corrected chi connectivity index (χ1v) is 11.4. The Hall–Kier alpha value is -3.22. The van der Waals surface area contributed by atoms with E-state index in [1.807, 2.05) is 0 Å². The number of primary amides is 1. The van der Waals surface area contributed by atoms with E-state index in [0.717, 1.165) is 6.07 Å². The fourth-order valence-corrected chi connectivity index (χ4v) is 4.07. The van der Waals surface area contributed by atoms with Crippen molar-refractivity contribution < 1.29 is 36.6 Å². The normalized spacial score (nSPS) is 18.6. The maximum absolute atomic E-state index is 13.3. The number of hydrogen-bond donors (Lipinski definition) is 2. The van der Waals surface area contributed by atoms with Crippen LogP contribution in [0, 0.1) is 5.82 Å². The number of primary sulfonamides is 1. The van der Waals surface area contributed by atoms with Crippen LogP contribution in [0.15, 0.2) is 47.4 Å². The summed E-state index contributed by atoms with van der Waals surface area (Å²) in [5, 5.41) is 5.19. The van der Waals surface area contributed by atoms with Crippen LogP contribution in [0.3, 0.4) is 0 Å². The minimum atomic E-state index is -4.05. The number of methoxy groups -OCH3 is 1. The zero-order chi connectivity index (χ0) is 24.2. The Kier molecular flexibility index (Phi) is 7.20. The summed E-state index contributed by atoms with van der Waals surface area (Å²) in [4.78, 5) is 26.2. The lowest BCUT2D eigenvalue weighted by molar-refractivity contribution is -0.142. The van der Waals surface area contributed by atoms with Crippen LogP contribution in [0.1, 0.15) is 16.8 Å². The van der Waals surface area contributed by atoms with E-state index in [9.17, 15) is 22.4 Å². The van der Waals surface area contributed by atoms with Crippen molar-refractivity contribution in [3.63, 3.8) is 0 Å². The molecule has 33 heavy (non-hydrogen) atoms. The van der Waals surface area contributed by atoms with Gasteiger partial charge in [0.1, 0.15) is 29.5 Å². The predicted octanol–water partition coefficient (Wildman–Crippen LogP) is 0.647. The highest BCUT2D eigenvalue weighted by Gasteiger charge is 2.41. The van der Waals surface area contributed by atoms with Gasteiger partial charge in [-0.1, -0.05) is 0 Å². The average molecular weight is 482 g/mol. The number of hydrogen-bond acceptors (Lipinski definition) is 7. The van der Waals surface area contributed by atoms with Crippen LogP contribution >= 0.6 is 0 Å². The third-order valence-electron chi connectivity index (χ3n) is 5.08. The van der Waals surface area contributed by atoms with Crippen molar-refractivity contribution in [2.45, 2.75) is 16.9 Å². The largest absolute Gasteiger partial charge is 0.496 e. The number of carbonyl (C=O) groups excluding carboxylic acids is 2. The molecule has 1 aliphatic rings. The Morgan fingerprint density at radius 3 is 2.52 bits per heavy atom. The number of morpholine rings is 1. The van der Waals surface area contributed by atoms with Gasteiger partial charge in [0.05, 0.1) is 37.1 Å². The fraction of sp³-hybridized carbons (Fsp3) is 0.333. The van der Waals surface area contributed by atoms with E-state index in [-0.39, 0.29) is 48.9 Å².